The van der Waals surface area contributed by atoms with Crippen molar-refractivity contribution in [3.63, 3.8) is 0 Å². The van der Waals surface area contributed by atoms with Gasteiger partial charge in [-0.15, -0.1) is 0 Å². The van der Waals surface area contributed by atoms with Crippen LogP contribution in [0, 0.1) is 17.5 Å². The molecule has 0 aliphatic carbocycles. The van der Waals surface area contributed by atoms with Crippen molar-refractivity contribution in [2.45, 2.75) is 13.0 Å². The third-order valence-corrected chi connectivity index (χ3v) is 2.59. The van der Waals surface area contributed by atoms with E-state index in [0.29, 0.717) is 5.56 Å². The smallest absolute Gasteiger partial charge is 0.194 e. The van der Waals surface area contributed by atoms with Gasteiger partial charge in [0.05, 0.1) is 11.9 Å². The molecule has 6 heteroatoms. The van der Waals surface area contributed by atoms with E-state index in [0.717, 1.165) is 17.8 Å². The maximum atomic E-state index is 13.1. The zero-order valence-electron chi connectivity index (χ0n) is 9.92. The van der Waals surface area contributed by atoms with Gasteiger partial charge in [-0.3, -0.25) is 4.68 Å². The van der Waals surface area contributed by atoms with Crippen LogP contribution in [0.2, 0.25) is 0 Å². The summed E-state index contributed by atoms with van der Waals surface area (Å²) in [5, 5.41) is 6.97. The molecule has 96 valence electrons. The van der Waals surface area contributed by atoms with E-state index in [9.17, 15) is 13.2 Å². The number of benzene rings is 1. The van der Waals surface area contributed by atoms with Crippen molar-refractivity contribution in [2.24, 2.45) is 7.05 Å². The molecule has 18 heavy (non-hydrogen) atoms. The minimum absolute atomic E-state index is 0.329. The van der Waals surface area contributed by atoms with Gasteiger partial charge in [-0.1, -0.05) is 0 Å². The highest BCUT2D eigenvalue weighted by molar-refractivity contribution is 5.41. The third-order valence-electron chi connectivity index (χ3n) is 2.59. The molecular formula is C12H12F3N3. The fraction of sp³-hybridized carbons (Fsp3) is 0.250. The number of hydrogen-bond acceptors (Lipinski definition) is 2. The topological polar surface area (TPSA) is 29.9 Å². The molecule has 0 fully saturated rings. The summed E-state index contributed by atoms with van der Waals surface area (Å²) in [6.07, 6.45) is 3.32. The van der Waals surface area contributed by atoms with Gasteiger partial charge in [0.15, 0.2) is 17.5 Å². The third kappa shape index (κ3) is 2.47. The minimum Gasteiger partial charge on any atom is -0.376 e. The Morgan fingerprint density at radius 3 is 2.33 bits per heavy atom. The summed E-state index contributed by atoms with van der Waals surface area (Å²) in [6, 6.07) is 1.60. The van der Waals surface area contributed by atoms with Crippen LogP contribution in [-0.4, -0.2) is 9.78 Å². The monoisotopic (exact) mass is 255 g/mol. The van der Waals surface area contributed by atoms with Crippen LogP contribution >= 0.6 is 0 Å². The first-order valence-corrected chi connectivity index (χ1v) is 5.37. The summed E-state index contributed by atoms with van der Waals surface area (Å²) in [7, 11) is 1.76. The molecule has 1 N–H and O–H groups in total. The van der Waals surface area contributed by atoms with E-state index in [1.54, 1.807) is 31.0 Å². The molecule has 3 nitrogen and oxygen atoms in total. The SMILES string of the molecule is C[C@@H](Nc1cnn(C)c1)c1cc(F)c(F)c(F)c1. The Labute approximate surface area is 102 Å². The number of aromatic nitrogens is 2. The maximum absolute atomic E-state index is 13.1. The summed E-state index contributed by atoms with van der Waals surface area (Å²) in [5.41, 5.74) is 1.05. The molecule has 0 radical (unpaired) electrons. The van der Waals surface area contributed by atoms with Crippen molar-refractivity contribution in [3.8, 4) is 0 Å². The fourth-order valence-corrected chi connectivity index (χ4v) is 1.65. The number of hydrogen-bond donors (Lipinski definition) is 1. The zero-order chi connectivity index (χ0) is 13.3. The molecule has 0 spiro atoms. The average molecular weight is 255 g/mol. The predicted molar refractivity (Wildman–Crippen MR) is 61.6 cm³/mol. The van der Waals surface area contributed by atoms with Crippen molar-refractivity contribution in [1.82, 2.24) is 9.78 Å². The van der Waals surface area contributed by atoms with Crippen LogP contribution in [0.15, 0.2) is 24.5 Å². The van der Waals surface area contributed by atoms with E-state index in [-0.39, 0.29) is 6.04 Å². The molecule has 0 aliphatic heterocycles. The molecule has 0 saturated carbocycles. The lowest BCUT2D eigenvalue weighted by Gasteiger charge is -2.14. The summed E-state index contributed by atoms with van der Waals surface area (Å²) < 4.78 is 40.6. The lowest BCUT2D eigenvalue weighted by atomic mass is 10.1. The second kappa shape index (κ2) is 4.72. The standard InChI is InChI=1S/C12H12F3N3/c1-7(17-9-5-16-18(2)6-9)8-3-10(13)12(15)11(14)4-8/h3-7,17H,1-2H3/t7-/m1/s1. The molecule has 1 heterocycles. The van der Waals surface area contributed by atoms with Crippen molar-refractivity contribution in [3.05, 3.63) is 47.5 Å². The van der Waals surface area contributed by atoms with E-state index in [1.807, 2.05) is 0 Å². The van der Waals surface area contributed by atoms with Crippen molar-refractivity contribution in [1.29, 1.82) is 0 Å². The van der Waals surface area contributed by atoms with Gasteiger partial charge in [-0.2, -0.15) is 5.10 Å². The summed E-state index contributed by atoms with van der Waals surface area (Å²) in [5.74, 6) is -3.83. The first kappa shape index (κ1) is 12.5. The molecule has 2 rings (SSSR count). The fourth-order valence-electron chi connectivity index (χ4n) is 1.65. The van der Waals surface area contributed by atoms with E-state index >= 15 is 0 Å². The van der Waals surface area contributed by atoms with Crippen molar-refractivity contribution >= 4 is 5.69 Å². The Morgan fingerprint density at radius 2 is 1.83 bits per heavy atom. The molecule has 0 amide bonds. The summed E-state index contributed by atoms with van der Waals surface area (Å²) >= 11 is 0. The van der Waals surface area contributed by atoms with E-state index in [1.165, 1.54) is 0 Å². The molecular weight excluding hydrogens is 243 g/mol. The van der Waals surface area contributed by atoms with Gasteiger partial charge in [0, 0.05) is 19.3 Å². The molecule has 0 saturated heterocycles. The van der Waals surface area contributed by atoms with Gasteiger partial charge in [0.2, 0.25) is 0 Å². The number of anilines is 1. The lowest BCUT2D eigenvalue weighted by molar-refractivity contribution is 0.444. The Hall–Kier alpha value is -1.98. The van der Waals surface area contributed by atoms with Gasteiger partial charge in [0.25, 0.3) is 0 Å². The maximum Gasteiger partial charge on any atom is 0.194 e. The Balaban J connectivity index is 2.21. The number of nitrogens with zero attached hydrogens (tertiary/aromatic N) is 2. The van der Waals surface area contributed by atoms with Gasteiger partial charge in [0.1, 0.15) is 0 Å². The highest BCUT2D eigenvalue weighted by atomic mass is 19.2. The number of aryl methyl sites for hydroxylation is 1. The largest absolute Gasteiger partial charge is 0.376 e. The second-order valence-corrected chi connectivity index (χ2v) is 4.07. The van der Waals surface area contributed by atoms with Crippen LogP contribution in [-0.2, 0) is 7.05 Å². The first-order chi connectivity index (χ1) is 8.47. The lowest BCUT2D eigenvalue weighted by Crippen LogP contribution is -2.08. The van der Waals surface area contributed by atoms with Crippen LogP contribution in [0.1, 0.15) is 18.5 Å². The van der Waals surface area contributed by atoms with Crippen molar-refractivity contribution < 1.29 is 13.2 Å². The van der Waals surface area contributed by atoms with E-state index in [4.69, 9.17) is 0 Å². The molecule has 0 bridgehead atoms. The Bertz CT molecular complexity index is 542. The molecule has 1 aromatic carbocycles. The van der Waals surface area contributed by atoms with Gasteiger partial charge in [-0.25, -0.2) is 13.2 Å². The van der Waals surface area contributed by atoms with Gasteiger partial charge < -0.3 is 5.32 Å². The normalized spacial score (nSPS) is 12.5. The molecule has 0 unspecified atom stereocenters. The van der Waals surface area contributed by atoms with Crippen LogP contribution in [0.3, 0.4) is 0 Å². The number of nitrogens with one attached hydrogen (secondary N) is 1. The van der Waals surface area contributed by atoms with Gasteiger partial charge in [-0.05, 0) is 24.6 Å². The second-order valence-electron chi connectivity index (χ2n) is 4.07. The number of rotatable bonds is 3. The summed E-state index contributed by atoms with van der Waals surface area (Å²) in [6.45, 7) is 1.72. The highest BCUT2D eigenvalue weighted by Gasteiger charge is 2.14. The van der Waals surface area contributed by atoms with Crippen molar-refractivity contribution in [2.75, 3.05) is 5.32 Å². The van der Waals surface area contributed by atoms with Crippen LogP contribution in [0.25, 0.3) is 0 Å². The molecule has 1 aromatic heterocycles. The first-order valence-electron chi connectivity index (χ1n) is 5.37. The molecule has 2 aromatic rings. The molecule has 1 atom stereocenters. The number of halogens is 3. The molecule has 0 aliphatic rings. The van der Waals surface area contributed by atoms with Gasteiger partial charge >= 0.3 is 0 Å². The average Bonchev–Trinajstić information content (AvgIpc) is 2.71. The highest BCUT2D eigenvalue weighted by Crippen LogP contribution is 2.22. The van der Waals surface area contributed by atoms with Crippen LogP contribution < -0.4 is 5.32 Å². The van der Waals surface area contributed by atoms with Crippen LogP contribution in [0.5, 0.6) is 0 Å². The Kier molecular flexibility index (Phi) is 3.27. The zero-order valence-corrected chi connectivity index (χ0v) is 9.92. The Morgan fingerprint density at radius 1 is 1.22 bits per heavy atom. The minimum atomic E-state index is -1.45. The van der Waals surface area contributed by atoms with E-state index in [2.05, 4.69) is 10.4 Å². The quantitative estimate of drug-likeness (QED) is 0.854. The van der Waals surface area contributed by atoms with Crippen LogP contribution in [0.4, 0.5) is 18.9 Å². The predicted octanol–water partition coefficient (Wildman–Crippen LogP) is 3.01. The van der Waals surface area contributed by atoms with E-state index < -0.39 is 17.5 Å². The summed E-state index contributed by atoms with van der Waals surface area (Å²) in [4.78, 5) is 0.